The van der Waals surface area contributed by atoms with E-state index in [1.54, 1.807) is 37.8 Å². The maximum absolute atomic E-state index is 14.0. The van der Waals surface area contributed by atoms with Crippen LogP contribution in [0.3, 0.4) is 0 Å². The topological polar surface area (TPSA) is 126 Å². The number of nitrogens with one attached hydrogen (secondary N) is 1. The van der Waals surface area contributed by atoms with Gasteiger partial charge in [-0.05, 0) is 69.0 Å². The van der Waals surface area contributed by atoms with Gasteiger partial charge in [0.25, 0.3) is 11.8 Å². The highest BCUT2D eigenvalue weighted by Gasteiger charge is 2.30. The summed E-state index contributed by atoms with van der Waals surface area (Å²) >= 11 is 0. The quantitative estimate of drug-likeness (QED) is 0.292. The number of hydrogen-bond acceptors (Lipinski definition) is 8. The van der Waals surface area contributed by atoms with E-state index >= 15 is 0 Å². The summed E-state index contributed by atoms with van der Waals surface area (Å²) in [6.07, 6.45) is 2.45. The average Bonchev–Trinajstić information content (AvgIpc) is 3.13. The highest BCUT2D eigenvalue weighted by Crippen LogP contribution is 2.21. The van der Waals surface area contributed by atoms with E-state index in [-0.39, 0.29) is 36.6 Å². The van der Waals surface area contributed by atoms with E-state index in [1.165, 1.54) is 6.20 Å². The minimum Gasteiger partial charge on any atom is -0.444 e. The molecule has 0 saturated carbocycles. The van der Waals surface area contributed by atoms with Crippen LogP contribution in [0.4, 0.5) is 10.5 Å². The van der Waals surface area contributed by atoms with Crippen molar-refractivity contribution in [2.75, 3.05) is 52.4 Å². The number of carbonyl (C=O) groups excluding carboxylic acids is 3. The standard InChI is InChI=1S/C39H46N8O4/c1-39(2,3)51-38(50)42-17-20-47(34-15-18-44(19-16-34)27-30-7-5-29(25-40)6-8-30)37(49)35-14-11-32(26-43-35)36(48)46-23-21-45(22-24-46)28-31-9-12-33(41-4)13-10-31/h5-14,26,34H,15-24,27-28H2,1-3H3,(H,42,50). The molecule has 5 rings (SSSR count). The summed E-state index contributed by atoms with van der Waals surface area (Å²) in [7, 11) is 0. The fourth-order valence-electron chi connectivity index (χ4n) is 6.39. The molecule has 12 heteroatoms. The Balaban J connectivity index is 1.18. The number of benzene rings is 2. The SMILES string of the molecule is [C-]#[N+]c1ccc(CN2CCN(C(=O)c3ccc(C(=O)N(CCNC(=O)OC(C)(C)C)C4CCN(Cc5ccc(C#N)cc5)CC4)nc3)CC2)cc1. The Labute approximate surface area is 300 Å². The minimum atomic E-state index is -0.634. The summed E-state index contributed by atoms with van der Waals surface area (Å²) < 4.78 is 5.38. The van der Waals surface area contributed by atoms with Gasteiger partial charge in [-0.3, -0.25) is 24.4 Å². The van der Waals surface area contributed by atoms with E-state index in [2.05, 4.69) is 31.0 Å². The van der Waals surface area contributed by atoms with Crippen LogP contribution in [0.25, 0.3) is 4.85 Å². The number of ether oxygens (including phenoxy) is 1. The third-order valence-electron chi connectivity index (χ3n) is 9.13. The van der Waals surface area contributed by atoms with Crippen LogP contribution in [0.5, 0.6) is 0 Å². The Morgan fingerprint density at radius 2 is 1.53 bits per heavy atom. The molecule has 2 fully saturated rings. The third-order valence-corrected chi connectivity index (χ3v) is 9.13. The van der Waals surface area contributed by atoms with Crippen LogP contribution in [0.15, 0.2) is 66.9 Å². The molecular formula is C39H46N8O4. The zero-order chi connectivity index (χ0) is 36.4. The number of nitrogens with zero attached hydrogens (tertiary/aromatic N) is 7. The molecule has 0 bridgehead atoms. The van der Waals surface area contributed by atoms with Gasteiger partial charge in [-0.15, -0.1) is 0 Å². The summed E-state index contributed by atoms with van der Waals surface area (Å²) in [6.45, 7) is 18.8. The first-order valence-corrected chi connectivity index (χ1v) is 17.4. The van der Waals surface area contributed by atoms with Gasteiger partial charge in [0.15, 0.2) is 5.69 Å². The third kappa shape index (κ3) is 10.6. The number of hydrogen-bond donors (Lipinski definition) is 1. The monoisotopic (exact) mass is 690 g/mol. The number of aromatic nitrogens is 1. The number of piperazine rings is 1. The van der Waals surface area contributed by atoms with E-state index in [9.17, 15) is 14.4 Å². The molecule has 3 heterocycles. The van der Waals surface area contributed by atoms with Crippen molar-refractivity contribution in [2.45, 2.75) is 58.3 Å². The molecule has 3 amide bonds. The summed E-state index contributed by atoms with van der Waals surface area (Å²) in [4.78, 5) is 55.8. The van der Waals surface area contributed by atoms with Gasteiger partial charge in [0.1, 0.15) is 11.3 Å². The number of carbonyl (C=O) groups is 3. The lowest BCUT2D eigenvalue weighted by atomic mass is 10.0. The predicted molar refractivity (Wildman–Crippen MR) is 193 cm³/mol. The molecule has 1 aromatic heterocycles. The number of alkyl carbamates (subject to hydrolysis) is 1. The van der Waals surface area contributed by atoms with Crippen LogP contribution >= 0.6 is 0 Å². The predicted octanol–water partition coefficient (Wildman–Crippen LogP) is 5.09. The number of nitriles is 1. The van der Waals surface area contributed by atoms with Gasteiger partial charge >= 0.3 is 6.09 Å². The number of amides is 3. The van der Waals surface area contributed by atoms with Crippen molar-refractivity contribution in [3.8, 4) is 6.07 Å². The highest BCUT2D eigenvalue weighted by atomic mass is 16.6. The van der Waals surface area contributed by atoms with E-state index in [4.69, 9.17) is 16.6 Å². The molecule has 0 atom stereocenters. The van der Waals surface area contributed by atoms with Crippen molar-refractivity contribution < 1.29 is 19.1 Å². The number of piperidine rings is 1. The van der Waals surface area contributed by atoms with Crippen LogP contribution in [0, 0.1) is 17.9 Å². The van der Waals surface area contributed by atoms with Gasteiger partial charge in [0, 0.05) is 77.7 Å². The van der Waals surface area contributed by atoms with Crippen LogP contribution in [-0.4, -0.2) is 106 Å². The molecule has 0 radical (unpaired) electrons. The van der Waals surface area contributed by atoms with Gasteiger partial charge in [-0.1, -0.05) is 36.4 Å². The van der Waals surface area contributed by atoms with Gasteiger partial charge in [-0.2, -0.15) is 5.26 Å². The Morgan fingerprint density at radius 1 is 0.922 bits per heavy atom. The first kappa shape index (κ1) is 37.0. The van der Waals surface area contributed by atoms with Crippen LogP contribution in [0.1, 0.15) is 71.1 Å². The second-order valence-electron chi connectivity index (χ2n) is 14.0. The van der Waals surface area contributed by atoms with Crippen molar-refractivity contribution in [2.24, 2.45) is 0 Å². The molecule has 2 aliphatic rings. The van der Waals surface area contributed by atoms with E-state index < -0.39 is 11.7 Å². The minimum absolute atomic E-state index is 0.0554. The molecule has 51 heavy (non-hydrogen) atoms. The molecule has 3 aromatic rings. The normalized spacial score (nSPS) is 15.7. The summed E-state index contributed by atoms with van der Waals surface area (Å²) in [5.74, 6) is -0.362. The van der Waals surface area contributed by atoms with Crippen molar-refractivity contribution >= 4 is 23.6 Å². The fourth-order valence-corrected chi connectivity index (χ4v) is 6.39. The van der Waals surface area contributed by atoms with Crippen LogP contribution in [0.2, 0.25) is 0 Å². The smallest absolute Gasteiger partial charge is 0.407 e. The molecule has 0 aliphatic carbocycles. The highest BCUT2D eigenvalue weighted by molar-refractivity contribution is 5.96. The second-order valence-corrected chi connectivity index (χ2v) is 14.0. The number of rotatable bonds is 10. The Hall–Kier alpha value is -5.30. The largest absolute Gasteiger partial charge is 0.444 e. The van der Waals surface area contributed by atoms with Crippen molar-refractivity contribution in [3.05, 3.63) is 106 Å². The average molecular weight is 691 g/mol. The molecule has 2 aromatic carbocycles. The van der Waals surface area contributed by atoms with Crippen molar-refractivity contribution in [3.63, 3.8) is 0 Å². The first-order valence-electron chi connectivity index (χ1n) is 17.4. The van der Waals surface area contributed by atoms with Crippen LogP contribution in [-0.2, 0) is 17.8 Å². The first-order chi connectivity index (χ1) is 24.5. The van der Waals surface area contributed by atoms with E-state index in [0.717, 1.165) is 63.2 Å². The van der Waals surface area contributed by atoms with Gasteiger partial charge in [0.05, 0.1) is 23.8 Å². The molecule has 0 spiro atoms. The molecule has 2 aliphatic heterocycles. The summed E-state index contributed by atoms with van der Waals surface area (Å²) in [6, 6.07) is 20.6. The summed E-state index contributed by atoms with van der Waals surface area (Å²) in [5.41, 5.74) is 3.57. The molecular weight excluding hydrogens is 644 g/mol. The molecule has 1 N–H and O–H groups in total. The lowest BCUT2D eigenvalue weighted by Crippen LogP contribution is -2.50. The molecule has 266 valence electrons. The Kier molecular flexibility index (Phi) is 12.4. The maximum atomic E-state index is 14.0. The zero-order valence-corrected chi connectivity index (χ0v) is 29.7. The van der Waals surface area contributed by atoms with Crippen molar-refractivity contribution in [1.29, 1.82) is 5.26 Å². The van der Waals surface area contributed by atoms with Gasteiger partial charge in [0.2, 0.25) is 0 Å². The molecule has 12 nitrogen and oxygen atoms in total. The van der Waals surface area contributed by atoms with Crippen molar-refractivity contribution in [1.82, 2.24) is 29.9 Å². The van der Waals surface area contributed by atoms with E-state index in [1.807, 2.05) is 53.4 Å². The second kappa shape index (κ2) is 17.1. The molecule has 2 saturated heterocycles. The van der Waals surface area contributed by atoms with E-state index in [0.29, 0.717) is 29.9 Å². The lowest BCUT2D eigenvalue weighted by Gasteiger charge is -2.38. The van der Waals surface area contributed by atoms with Gasteiger partial charge < -0.3 is 19.9 Å². The zero-order valence-electron chi connectivity index (χ0n) is 29.7. The Bertz CT molecular complexity index is 1720. The number of pyridine rings is 1. The van der Waals surface area contributed by atoms with Gasteiger partial charge in [-0.25, -0.2) is 9.64 Å². The fraction of sp³-hybridized carbons (Fsp3) is 0.436. The number of likely N-dealkylation sites (tertiary alicyclic amines) is 1. The summed E-state index contributed by atoms with van der Waals surface area (Å²) in [5, 5.41) is 11.9. The van der Waals surface area contributed by atoms with Crippen LogP contribution < -0.4 is 5.32 Å². The maximum Gasteiger partial charge on any atom is 0.407 e. The lowest BCUT2D eigenvalue weighted by molar-refractivity contribution is 0.0471. The molecule has 0 unspecified atom stereocenters. The Morgan fingerprint density at radius 3 is 2.08 bits per heavy atom.